The van der Waals surface area contributed by atoms with E-state index in [-0.39, 0.29) is 5.78 Å². The van der Waals surface area contributed by atoms with Crippen LogP contribution in [0, 0.1) is 6.92 Å². The van der Waals surface area contributed by atoms with Crippen LogP contribution in [0.2, 0.25) is 0 Å². The normalized spacial score (nSPS) is 11.1. The summed E-state index contributed by atoms with van der Waals surface area (Å²) in [5, 5.41) is 1.95. The second-order valence-corrected chi connectivity index (χ2v) is 5.75. The number of carbonyl (C=O) groups excluding carboxylic acids is 1. The fraction of sp³-hybridized carbons (Fsp3) is 0.250. The number of ketones is 1. The van der Waals surface area contributed by atoms with E-state index in [2.05, 4.69) is 15.6 Å². The molecule has 4 heteroatoms. The molecular weight excluding hydrogens is 268 g/mol. The van der Waals surface area contributed by atoms with Gasteiger partial charge in [-0.2, -0.15) is 0 Å². The Labute approximate surface area is 121 Å². The highest BCUT2D eigenvalue weighted by atomic mass is 32.1. The zero-order valence-electron chi connectivity index (χ0n) is 11.4. The Kier molecular flexibility index (Phi) is 3.65. The van der Waals surface area contributed by atoms with Crippen molar-refractivity contribution in [1.82, 2.24) is 9.55 Å². The third kappa shape index (κ3) is 2.51. The largest absolute Gasteiger partial charge is 0.328 e. The van der Waals surface area contributed by atoms with E-state index in [1.165, 1.54) is 11.3 Å². The van der Waals surface area contributed by atoms with Crippen molar-refractivity contribution < 1.29 is 4.79 Å². The summed E-state index contributed by atoms with van der Waals surface area (Å²) >= 11 is 1.52. The van der Waals surface area contributed by atoms with E-state index < -0.39 is 0 Å². The first-order valence-corrected chi connectivity index (χ1v) is 7.62. The second kappa shape index (κ2) is 5.59. The number of aryl methyl sites for hydroxylation is 2. The zero-order valence-corrected chi connectivity index (χ0v) is 12.2. The maximum atomic E-state index is 12.0. The molecule has 0 bridgehead atoms. The van der Waals surface area contributed by atoms with Crippen molar-refractivity contribution >= 4 is 28.2 Å². The molecule has 0 fully saturated rings. The molecular formula is C16H16N2OS. The molecule has 0 unspecified atom stereocenters. The Balaban J connectivity index is 1.68. The van der Waals surface area contributed by atoms with Crippen LogP contribution in [0.15, 0.2) is 41.8 Å². The first kappa shape index (κ1) is 13.1. The van der Waals surface area contributed by atoms with Crippen LogP contribution in [0.1, 0.15) is 28.3 Å². The molecule has 0 aliphatic rings. The Bertz CT molecular complexity index is 728. The molecule has 0 radical (unpaired) electrons. The number of thiophene rings is 1. The first-order chi connectivity index (χ1) is 9.75. The number of carbonyl (C=O) groups is 1. The number of para-hydroxylation sites is 2. The van der Waals surface area contributed by atoms with Gasteiger partial charge in [-0.1, -0.05) is 18.2 Å². The lowest BCUT2D eigenvalue weighted by Crippen LogP contribution is -2.04. The summed E-state index contributed by atoms with van der Waals surface area (Å²) < 4.78 is 2.19. The molecule has 1 aromatic carbocycles. The topological polar surface area (TPSA) is 34.9 Å². The molecule has 0 saturated heterocycles. The minimum Gasteiger partial charge on any atom is -0.328 e. The smallest absolute Gasteiger partial charge is 0.172 e. The number of aromatic nitrogens is 2. The van der Waals surface area contributed by atoms with E-state index in [1.807, 2.05) is 42.6 Å². The van der Waals surface area contributed by atoms with Gasteiger partial charge < -0.3 is 4.57 Å². The van der Waals surface area contributed by atoms with E-state index >= 15 is 0 Å². The van der Waals surface area contributed by atoms with E-state index in [4.69, 9.17) is 0 Å². The van der Waals surface area contributed by atoms with Crippen molar-refractivity contribution in [2.24, 2.45) is 0 Å². The van der Waals surface area contributed by atoms with Gasteiger partial charge in [0, 0.05) is 13.0 Å². The van der Waals surface area contributed by atoms with E-state index in [9.17, 15) is 4.79 Å². The Hall–Kier alpha value is -1.94. The second-order valence-electron chi connectivity index (χ2n) is 4.80. The van der Waals surface area contributed by atoms with Gasteiger partial charge in [-0.05, 0) is 36.9 Å². The van der Waals surface area contributed by atoms with Crippen molar-refractivity contribution in [2.75, 3.05) is 0 Å². The monoisotopic (exact) mass is 284 g/mol. The van der Waals surface area contributed by atoms with Gasteiger partial charge in [0.2, 0.25) is 0 Å². The lowest BCUT2D eigenvalue weighted by molar-refractivity contribution is 0.0982. The number of hydrogen-bond donors (Lipinski definition) is 0. The summed E-state index contributed by atoms with van der Waals surface area (Å²) in [5.41, 5.74) is 2.17. The third-order valence-corrected chi connectivity index (χ3v) is 4.34. The summed E-state index contributed by atoms with van der Waals surface area (Å²) in [7, 11) is 0. The van der Waals surface area contributed by atoms with Crippen LogP contribution >= 0.6 is 11.3 Å². The molecule has 3 rings (SSSR count). The van der Waals surface area contributed by atoms with Crippen LogP contribution in [0.5, 0.6) is 0 Å². The molecule has 0 amide bonds. The fourth-order valence-electron chi connectivity index (χ4n) is 2.44. The van der Waals surface area contributed by atoms with Gasteiger partial charge in [0.1, 0.15) is 5.82 Å². The molecule has 0 saturated carbocycles. The maximum absolute atomic E-state index is 12.0. The Morgan fingerprint density at radius 2 is 2.10 bits per heavy atom. The van der Waals surface area contributed by atoms with Crippen molar-refractivity contribution in [2.45, 2.75) is 26.3 Å². The van der Waals surface area contributed by atoms with E-state index in [0.29, 0.717) is 6.42 Å². The predicted molar refractivity (Wildman–Crippen MR) is 82.4 cm³/mol. The average molecular weight is 284 g/mol. The fourth-order valence-corrected chi connectivity index (χ4v) is 3.13. The SMILES string of the molecule is Cc1nc2ccccc2n1CCCC(=O)c1cccs1. The van der Waals surface area contributed by atoms with Crippen LogP contribution in [0.25, 0.3) is 11.0 Å². The lowest BCUT2D eigenvalue weighted by Gasteiger charge is -2.06. The summed E-state index contributed by atoms with van der Waals surface area (Å²) in [6, 6.07) is 11.9. The predicted octanol–water partition coefficient (Wildman–Crippen LogP) is 4.07. The molecule has 20 heavy (non-hydrogen) atoms. The van der Waals surface area contributed by atoms with Gasteiger partial charge in [-0.25, -0.2) is 4.98 Å². The van der Waals surface area contributed by atoms with Gasteiger partial charge in [-0.3, -0.25) is 4.79 Å². The number of hydrogen-bond acceptors (Lipinski definition) is 3. The zero-order chi connectivity index (χ0) is 13.9. The molecule has 0 N–H and O–H groups in total. The number of nitrogens with zero attached hydrogens (tertiary/aromatic N) is 2. The van der Waals surface area contributed by atoms with Crippen molar-refractivity contribution in [3.8, 4) is 0 Å². The van der Waals surface area contributed by atoms with Gasteiger partial charge in [0.25, 0.3) is 0 Å². The summed E-state index contributed by atoms with van der Waals surface area (Å²) in [6.07, 6.45) is 1.43. The Morgan fingerprint density at radius 1 is 1.25 bits per heavy atom. The molecule has 0 aliphatic carbocycles. The average Bonchev–Trinajstić information content (AvgIpc) is 3.07. The van der Waals surface area contributed by atoms with Crippen molar-refractivity contribution in [3.05, 3.63) is 52.5 Å². The third-order valence-electron chi connectivity index (χ3n) is 3.43. The summed E-state index contributed by atoms with van der Waals surface area (Å²) in [4.78, 5) is 17.4. The molecule has 0 spiro atoms. The van der Waals surface area contributed by atoms with Crippen LogP contribution in [-0.2, 0) is 6.54 Å². The van der Waals surface area contributed by atoms with Crippen molar-refractivity contribution in [3.63, 3.8) is 0 Å². The highest BCUT2D eigenvalue weighted by Crippen LogP contribution is 2.17. The van der Waals surface area contributed by atoms with Crippen LogP contribution in [0.3, 0.4) is 0 Å². The molecule has 2 aromatic heterocycles. The van der Waals surface area contributed by atoms with E-state index in [1.54, 1.807) is 0 Å². The molecule has 3 aromatic rings. The quantitative estimate of drug-likeness (QED) is 0.662. The molecule has 102 valence electrons. The van der Waals surface area contributed by atoms with Crippen molar-refractivity contribution in [1.29, 1.82) is 0 Å². The Morgan fingerprint density at radius 3 is 2.90 bits per heavy atom. The molecule has 0 atom stereocenters. The van der Waals surface area contributed by atoms with Gasteiger partial charge >= 0.3 is 0 Å². The number of Topliss-reactive ketones (excluding diaryl/α,β-unsaturated/α-hetero) is 1. The number of benzene rings is 1. The number of rotatable bonds is 5. The summed E-state index contributed by atoms with van der Waals surface area (Å²) in [5.74, 6) is 1.25. The highest BCUT2D eigenvalue weighted by Gasteiger charge is 2.09. The van der Waals surface area contributed by atoms with Gasteiger partial charge in [0.15, 0.2) is 5.78 Å². The number of imidazole rings is 1. The first-order valence-electron chi connectivity index (χ1n) is 6.74. The molecule has 3 nitrogen and oxygen atoms in total. The lowest BCUT2D eigenvalue weighted by atomic mass is 10.2. The van der Waals surface area contributed by atoms with E-state index in [0.717, 1.165) is 34.7 Å². The molecule has 2 heterocycles. The van der Waals surface area contributed by atoms with Crippen LogP contribution in [0.4, 0.5) is 0 Å². The van der Waals surface area contributed by atoms with Gasteiger partial charge in [-0.15, -0.1) is 11.3 Å². The standard InChI is InChI=1S/C16H16N2OS/c1-12-17-13-6-2-3-7-14(13)18(12)10-4-8-15(19)16-9-5-11-20-16/h2-3,5-7,9,11H,4,8,10H2,1H3. The number of fused-ring (bicyclic) bond motifs is 1. The van der Waals surface area contributed by atoms with Crippen LogP contribution < -0.4 is 0 Å². The summed E-state index contributed by atoms with van der Waals surface area (Å²) in [6.45, 7) is 2.85. The minimum absolute atomic E-state index is 0.238. The molecule has 0 aliphatic heterocycles. The van der Waals surface area contributed by atoms with Crippen LogP contribution in [-0.4, -0.2) is 15.3 Å². The highest BCUT2D eigenvalue weighted by molar-refractivity contribution is 7.12. The maximum Gasteiger partial charge on any atom is 0.172 e. The van der Waals surface area contributed by atoms with Gasteiger partial charge in [0.05, 0.1) is 15.9 Å². The minimum atomic E-state index is 0.238.